The highest BCUT2D eigenvalue weighted by atomic mass is 16.5. The minimum absolute atomic E-state index is 0.0366. The van der Waals surface area contributed by atoms with Crippen molar-refractivity contribution in [3.8, 4) is 22.6 Å². The van der Waals surface area contributed by atoms with Gasteiger partial charge in [-0.25, -0.2) is 0 Å². The molecule has 4 nitrogen and oxygen atoms in total. The van der Waals surface area contributed by atoms with E-state index in [-0.39, 0.29) is 6.61 Å². The maximum Gasteiger partial charge on any atom is 0.169 e. The molecule has 1 aliphatic heterocycles. The van der Waals surface area contributed by atoms with Crippen molar-refractivity contribution in [3.05, 3.63) is 42.0 Å². The van der Waals surface area contributed by atoms with Crippen molar-refractivity contribution in [1.29, 1.82) is 0 Å². The van der Waals surface area contributed by atoms with Gasteiger partial charge in [0.25, 0.3) is 0 Å². The van der Waals surface area contributed by atoms with E-state index in [1.807, 2.05) is 30.3 Å². The Morgan fingerprint density at radius 3 is 2.55 bits per heavy atom. The third kappa shape index (κ3) is 2.42. The van der Waals surface area contributed by atoms with Gasteiger partial charge in [0.15, 0.2) is 11.5 Å². The Morgan fingerprint density at radius 1 is 1.05 bits per heavy atom. The fourth-order valence-electron chi connectivity index (χ4n) is 2.30. The number of ether oxygens (including phenoxy) is 2. The lowest BCUT2D eigenvalue weighted by atomic mass is 10.0. The van der Waals surface area contributed by atoms with Crippen molar-refractivity contribution in [2.75, 3.05) is 18.9 Å². The van der Waals surface area contributed by atoms with Crippen LogP contribution in [0.5, 0.6) is 11.5 Å². The zero-order valence-corrected chi connectivity index (χ0v) is 11.1. The fourth-order valence-corrected chi connectivity index (χ4v) is 2.30. The summed E-state index contributed by atoms with van der Waals surface area (Å²) in [7, 11) is 0. The highest BCUT2D eigenvalue weighted by Crippen LogP contribution is 2.41. The highest BCUT2D eigenvalue weighted by Gasteiger charge is 2.17. The van der Waals surface area contributed by atoms with E-state index in [9.17, 15) is 0 Å². The third-order valence-electron chi connectivity index (χ3n) is 3.32. The number of nitrogens with two attached hydrogens (primary N) is 1. The van der Waals surface area contributed by atoms with Crippen LogP contribution in [0.25, 0.3) is 11.1 Å². The summed E-state index contributed by atoms with van der Waals surface area (Å²) in [4.78, 5) is 0. The zero-order valence-electron chi connectivity index (χ0n) is 11.1. The number of aliphatic hydroxyl groups excluding tert-OH is 1. The Morgan fingerprint density at radius 2 is 1.80 bits per heavy atom. The molecule has 0 fully saturated rings. The number of hydrogen-bond acceptors (Lipinski definition) is 4. The van der Waals surface area contributed by atoms with Crippen molar-refractivity contribution in [3.63, 3.8) is 0 Å². The minimum atomic E-state index is 0.0366. The topological polar surface area (TPSA) is 64.7 Å². The van der Waals surface area contributed by atoms with Crippen LogP contribution in [0.3, 0.4) is 0 Å². The second-order valence-electron chi connectivity index (χ2n) is 4.80. The van der Waals surface area contributed by atoms with E-state index < -0.39 is 0 Å². The van der Waals surface area contributed by atoms with E-state index in [1.165, 1.54) is 0 Å². The Labute approximate surface area is 117 Å². The van der Waals surface area contributed by atoms with E-state index in [1.54, 1.807) is 6.07 Å². The van der Waals surface area contributed by atoms with Crippen molar-refractivity contribution >= 4 is 5.69 Å². The summed E-state index contributed by atoms with van der Waals surface area (Å²) in [6.07, 6.45) is 0.859. The van der Waals surface area contributed by atoms with Crippen molar-refractivity contribution in [2.45, 2.75) is 13.0 Å². The number of rotatable bonds is 2. The van der Waals surface area contributed by atoms with Gasteiger partial charge in [0.05, 0.1) is 19.8 Å². The second kappa shape index (κ2) is 5.43. The van der Waals surface area contributed by atoms with Gasteiger partial charge in [-0.15, -0.1) is 0 Å². The molecule has 1 heterocycles. The van der Waals surface area contributed by atoms with Gasteiger partial charge in [0, 0.05) is 23.7 Å². The normalized spacial score (nSPS) is 13.8. The molecule has 0 aliphatic carbocycles. The van der Waals surface area contributed by atoms with Gasteiger partial charge in [-0.2, -0.15) is 0 Å². The molecule has 20 heavy (non-hydrogen) atoms. The molecule has 0 saturated carbocycles. The maximum atomic E-state index is 9.11. The van der Waals surface area contributed by atoms with Crippen LogP contribution in [0, 0.1) is 0 Å². The lowest BCUT2D eigenvalue weighted by Gasteiger charge is -2.14. The number of anilines is 1. The Bertz CT molecular complexity index is 608. The highest BCUT2D eigenvalue weighted by molar-refractivity contribution is 5.78. The smallest absolute Gasteiger partial charge is 0.169 e. The first kappa shape index (κ1) is 12.8. The number of aliphatic hydroxyl groups is 1. The lowest BCUT2D eigenvalue weighted by molar-refractivity contribution is 0.282. The molecule has 104 valence electrons. The average Bonchev–Trinajstić information content (AvgIpc) is 2.71. The molecule has 0 bridgehead atoms. The van der Waals surface area contributed by atoms with Gasteiger partial charge in [0.1, 0.15) is 0 Å². The predicted octanol–water partition coefficient (Wildman–Crippen LogP) is 2.59. The van der Waals surface area contributed by atoms with Crippen LogP contribution >= 0.6 is 0 Å². The van der Waals surface area contributed by atoms with Crippen molar-refractivity contribution in [1.82, 2.24) is 0 Å². The molecule has 1 aliphatic rings. The van der Waals surface area contributed by atoms with Crippen LogP contribution in [0.2, 0.25) is 0 Å². The van der Waals surface area contributed by atoms with Crippen molar-refractivity contribution in [2.24, 2.45) is 0 Å². The quantitative estimate of drug-likeness (QED) is 0.824. The molecule has 2 aromatic rings. The molecule has 0 unspecified atom stereocenters. The molecule has 3 N–H and O–H groups in total. The van der Waals surface area contributed by atoms with E-state index in [0.29, 0.717) is 24.7 Å². The molecule has 4 heteroatoms. The van der Waals surface area contributed by atoms with E-state index >= 15 is 0 Å². The van der Waals surface area contributed by atoms with Crippen LogP contribution in [-0.2, 0) is 6.61 Å². The van der Waals surface area contributed by atoms with Crippen LogP contribution in [-0.4, -0.2) is 18.3 Å². The number of hydrogen-bond donors (Lipinski definition) is 2. The first-order valence-corrected chi connectivity index (χ1v) is 6.67. The summed E-state index contributed by atoms with van der Waals surface area (Å²) in [5.41, 5.74) is 9.40. The standard InChI is InChI=1S/C16H17NO3/c17-13-8-14(12-4-2-11(10-18)3-5-12)16-15(9-13)19-6-1-7-20-16/h2-5,8-9,18H,1,6-7,10,17H2. The molecular formula is C16H17NO3. The van der Waals surface area contributed by atoms with Gasteiger partial charge >= 0.3 is 0 Å². The Balaban J connectivity index is 2.09. The second-order valence-corrected chi connectivity index (χ2v) is 4.80. The van der Waals surface area contributed by atoms with Crippen LogP contribution in [0.1, 0.15) is 12.0 Å². The zero-order chi connectivity index (χ0) is 13.9. The summed E-state index contributed by atoms with van der Waals surface area (Å²) >= 11 is 0. The molecule has 0 radical (unpaired) electrons. The van der Waals surface area contributed by atoms with Crippen molar-refractivity contribution < 1.29 is 14.6 Å². The van der Waals surface area contributed by atoms with Gasteiger partial charge in [-0.3, -0.25) is 0 Å². The summed E-state index contributed by atoms with van der Waals surface area (Å²) in [6, 6.07) is 11.4. The third-order valence-corrected chi connectivity index (χ3v) is 3.32. The van der Waals surface area contributed by atoms with Crippen LogP contribution < -0.4 is 15.2 Å². The Hall–Kier alpha value is -2.20. The van der Waals surface area contributed by atoms with Crippen LogP contribution in [0.15, 0.2) is 36.4 Å². The maximum absolute atomic E-state index is 9.11. The monoisotopic (exact) mass is 271 g/mol. The molecule has 0 amide bonds. The Kier molecular flexibility index (Phi) is 3.48. The molecule has 0 aromatic heterocycles. The van der Waals surface area contributed by atoms with Gasteiger partial charge in [0.2, 0.25) is 0 Å². The first-order valence-electron chi connectivity index (χ1n) is 6.67. The molecule has 0 saturated heterocycles. The number of nitrogen functional groups attached to an aromatic ring is 1. The van der Waals surface area contributed by atoms with Gasteiger partial charge in [-0.05, 0) is 17.2 Å². The number of fused-ring (bicyclic) bond motifs is 1. The summed E-state index contributed by atoms with van der Waals surface area (Å²) in [6.45, 7) is 1.31. The average molecular weight is 271 g/mol. The van der Waals surface area contributed by atoms with E-state index in [4.69, 9.17) is 20.3 Å². The summed E-state index contributed by atoms with van der Waals surface area (Å²) in [5.74, 6) is 1.44. The van der Waals surface area contributed by atoms with Crippen LogP contribution in [0.4, 0.5) is 5.69 Å². The summed E-state index contributed by atoms with van der Waals surface area (Å²) in [5, 5.41) is 9.11. The van der Waals surface area contributed by atoms with E-state index in [2.05, 4.69) is 0 Å². The lowest BCUT2D eigenvalue weighted by Crippen LogP contribution is -1.98. The summed E-state index contributed by atoms with van der Waals surface area (Å²) < 4.78 is 11.5. The molecule has 0 atom stereocenters. The largest absolute Gasteiger partial charge is 0.489 e. The fraction of sp³-hybridized carbons (Fsp3) is 0.250. The van der Waals surface area contributed by atoms with Gasteiger partial charge < -0.3 is 20.3 Å². The molecule has 2 aromatic carbocycles. The molecule has 0 spiro atoms. The van der Waals surface area contributed by atoms with Gasteiger partial charge in [-0.1, -0.05) is 24.3 Å². The molecule has 3 rings (SSSR count). The first-order chi connectivity index (χ1) is 9.78. The SMILES string of the molecule is Nc1cc2c(c(-c3ccc(CO)cc3)c1)OCCCO2. The molecular weight excluding hydrogens is 254 g/mol. The predicted molar refractivity (Wildman–Crippen MR) is 77.8 cm³/mol. The van der Waals surface area contributed by atoms with E-state index in [0.717, 1.165) is 28.9 Å². The number of benzene rings is 2. The minimum Gasteiger partial charge on any atom is -0.489 e.